The number of ketones is 1. The lowest BCUT2D eigenvalue weighted by molar-refractivity contribution is 0.103. The van der Waals surface area contributed by atoms with E-state index in [0.717, 1.165) is 10.2 Å². The highest BCUT2D eigenvalue weighted by Gasteiger charge is 2.19. The number of imidazole rings is 1. The third kappa shape index (κ3) is 5.07. The van der Waals surface area contributed by atoms with E-state index in [1.807, 2.05) is 20.8 Å². The summed E-state index contributed by atoms with van der Waals surface area (Å²) in [5.41, 5.74) is 1.98. The number of halogens is 1. The van der Waals surface area contributed by atoms with E-state index in [2.05, 4.69) is 35.9 Å². The number of hydrogen-bond acceptors (Lipinski definition) is 4. The van der Waals surface area contributed by atoms with Crippen LogP contribution < -0.4 is 21.8 Å². The predicted octanol–water partition coefficient (Wildman–Crippen LogP) is 2.73. The largest absolute Gasteiger partial charge is 0.348 e. The molecule has 3 N–H and O–H groups in total. The Kier molecular flexibility index (Phi) is 6.34. The Bertz CT molecular complexity index is 1600. The highest BCUT2D eigenvalue weighted by atomic mass is 79.9. The average Bonchev–Trinajstić information content (AvgIpc) is 3.26. The summed E-state index contributed by atoms with van der Waals surface area (Å²) < 4.78 is 0.886. The smallest absolute Gasteiger partial charge is 0.272 e. The molecule has 2 heterocycles. The minimum atomic E-state index is -0.455. The quantitative estimate of drug-likeness (QED) is 0.360. The minimum Gasteiger partial charge on any atom is -0.348 e. The molecule has 0 aliphatic carbocycles. The average molecular weight is 519 g/mol. The van der Waals surface area contributed by atoms with Gasteiger partial charge in [0.05, 0.1) is 12.0 Å². The van der Waals surface area contributed by atoms with Crippen molar-refractivity contribution in [2.24, 2.45) is 0 Å². The molecule has 34 heavy (non-hydrogen) atoms. The Balaban J connectivity index is 1.72. The van der Waals surface area contributed by atoms with Crippen molar-refractivity contribution in [3.05, 3.63) is 119 Å². The van der Waals surface area contributed by atoms with E-state index in [0.29, 0.717) is 22.4 Å². The first-order valence-corrected chi connectivity index (χ1v) is 11.4. The molecule has 0 bridgehead atoms. The van der Waals surface area contributed by atoms with Crippen molar-refractivity contribution in [2.45, 2.75) is 26.2 Å². The Hall–Kier alpha value is -3.78. The third-order valence-corrected chi connectivity index (χ3v) is 5.78. The number of benzene rings is 2. The Morgan fingerprint density at radius 3 is 2.21 bits per heavy atom. The lowest BCUT2D eigenvalue weighted by Crippen LogP contribution is -2.46. The molecule has 4 aromatic rings. The SMILES string of the molecule is CC(C)(C)c1[nH]cnc1/C=c1/[nH]c(=O)/c(=C\c2cccc(C(=O)c3ccc(Br)cc3)c2)[nH]c1=O. The summed E-state index contributed by atoms with van der Waals surface area (Å²) in [6.45, 7) is 6.08. The van der Waals surface area contributed by atoms with Gasteiger partial charge in [-0.05, 0) is 48.0 Å². The van der Waals surface area contributed by atoms with E-state index >= 15 is 0 Å². The molecule has 2 aromatic carbocycles. The van der Waals surface area contributed by atoms with Gasteiger partial charge in [0.2, 0.25) is 0 Å². The van der Waals surface area contributed by atoms with Gasteiger partial charge < -0.3 is 15.0 Å². The zero-order valence-electron chi connectivity index (χ0n) is 18.9. The van der Waals surface area contributed by atoms with Gasteiger partial charge in [0, 0.05) is 26.7 Å². The number of carbonyl (C=O) groups excluding carboxylic acids is 1. The number of aromatic amines is 3. The van der Waals surface area contributed by atoms with Crippen molar-refractivity contribution in [3.63, 3.8) is 0 Å². The van der Waals surface area contributed by atoms with Crippen LogP contribution in [0.25, 0.3) is 12.2 Å². The van der Waals surface area contributed by atoms with E-state index in [9.17, 15) is 14.4 Å². The molecule has 2 aromatic heterocycles. The standard InChI is InChI=1S/C26H23BrN4O3/c1-26(2,3)23-19(28-14-29-23)13-21-25(34)30-20(24(33)31-21)12-15-5-4-6-17(11-15)22(32)16-7-9-18(27)10-8-16/h4-14H,1-3H3,(H,28,29)(H,30,34)(H,31,33)/b20-12+,21-13+. The highest BCUT2D eigenvalue weighted by molar-refractivity contribution is 9.10. The van der Waals surface area contributed by atoms with E-state index in [1.54, 1.807) is 60.9 Å². The van der Waals surface area contributed by atoms with Gasteiger partial charge in [-0.15, -0.1) is 0 Å². The molecule has 0 spiro atoms. The molecular formula is C26H23BrN4O3. The van der Waals surface area contributed by atoms with E-state index in [4.69, 9.17) is 0 Å². The number of carbonyl (C=O) groups is 1. The number of H-pyrrole nitrogens is 3. The monoisotopic (exact) mass is 518 g/mol. The van der Waals surface area contributed by atoms with Crippen molar-refractivity contribution >= 4 is 33.9 Å². The minimum absolute atomic E-state index is 0.0912. The first kappa shape index (κ1) is 23.4. The maximum atomic E-state index is 12.8. The van der Waals surface area contributed by atoms with Gasteiger partial charge >= 0.3 is 0 Å². The van der Waals surface area contributed by atoms with Crippen molar-refractivity contribution in [2.75, 3.05) is 0 Å². The van der Waals surface area contributed by atoms with Crippen molar-refractivity contribution in [1.29, 1.82) is 0 Å². The number of nitrogens with zero attached hydrogens (tertiary/aromatic N) is 1. The lowest BCUT2D eigenvalue weighted by Gasteiger charge is -2.16. The Morgan fingerprint density at radius 2 is 1.56 bits per heavy atom. The van der Waals surface area contributed by atoms with Crippen LogP contribution in [0.5, 0.6) is 0 Å². The summed E-state index contributed by atoms with van der Waals surface area (Å²) in [6, 6.07) is 14.0. The van der Waals surface area contributed by atoms with Crippen LogP contribution in [-0.2, 0) is 5.41 Å². The molecule has 0 atom stereocenters. The summed E-state index contributed by atoms with van der Waals surface area (Å²) in [5, 5.41) is 0.201. The molecule has 8 heteroatoms. The number of rotatable bonds is 4. The topological polar surface area (TPSA) is 111 Å². The molecular weight excluding hydrogens is 496 g/mol. The molecule has 7 nitrogen and oxygen atoms in total. The molecule has 0 radical (unpaired) electrons. The lowest BCUT2D eigenvalue weighted by atomic mass is 9.90. The van der Waals surface area contributed by atoms with Gasteiger partial charge in [0.15, 0.2) is 5.78 Å². The number of aromatic nitrogens is 4. The first-order chi connectivity index (χ1) is 16.1. The van der Waals surface area contributed by atoms with E-state index < -0.39 is 11.1 Å². The molecule has 172 valence electrons. The third-order valence-electron chi connectivity index (χ3n) is 5.25. The van der Waals surface area contributed by atoms with Crippen LogP contribution in [0.4, 0.5) is 0 Å². The van der Waals surface area contributed by atoms with Gasteiger partial charge in [0.1, 0.15) is 10.7 Å². The van der Waals surface area contributed by atoms with Crippen LogP contribution in [0.15, 0.2) is 68.9 Å². The summed E-state index contributed by atoms with van der Waals surface area (Å²) in [7, 11) is 0. The van der Waals surface area contributed by atoms with Crippen LogP contribution in [-0.4, -0.2) is 25.7 Å². The normalized spacial score (nSPS) is 12.8. The van der Waals surface area contributed by atoms with Gasteiger partial charge in [0.25, 0.3) is 11.1 Å². The van der Waals surface area contributed by atoms with Crippen molar-refractivity contribution in [3.8, 4) is 0 Å². The zero-order valence-corrected chi connectivity index (χ0v) is 20.5. The van der Waals surface area contributed by atoms with Crippen molar-refractivity contribution < 1.29 is 4.79 Å². The fourth-order valence-corrected chi connectivity index (χ4v) is 3.82. The van der Waals surface area contributed by atoms with Crippen LogP contribution in [0.3, 0.4) is 0 Å². The van der Waals surface area contributed by atoms with E-state index in [-0.39, 0.29) is 21.9 Å². The van der Waals surface area contributed by atoms with Gasteiger partial charge in [-0.2, -0.15) is 0 Å². The van der Waals surface area contributed by atoms with Crippen molar-refractivity contribution in [1.82, 2.24) is 19.9 Å². The molecule has 0 saturated carbocycles. The summed E-state index contributed by atoms with van der Waals surface area (Å²) in [4.78, 5) is 50.8. The molecule has 0 amide bonds. The van der Waals surface area contributed by atoms with Gasteiger partial charge in [-0.1, -0.05) is 54.9 Å². The molecule has 0 aliphatic heterocycles. The fraction of sp³-hybridized carbons (Fsp3) is 0.154. The van der Waals surface area contributed by atoms with Crippen LogP contribution in [0.1, 0.15) is 53.6 Å². The maximum Gasteiger partial charge on any atom is 0.272 e. The Labute approximate surface area is 203 Å². The van der Waals surface area contributed by atoms with Gasteiger partial charge in [-0.25, -0.2) is 4.98 Å². The number of nitrogens with one attached hydrogen (secondary N) is 3. The number of hydrogen-bond donors (Lipinski definition) is 3. The molecule has 4 rings (SSSR count). The fourth-order valence-electron chi connectivity index (χ4n) is 3.55. The second-order valence-electron chi connectivity index (χ2n) is 8.90. The van der Waals surface area contributed by atoms with Crippen LogP contribution in [0, 0.1) is 0 Å². The molecule has 0 fully saturated rings. The van der Waals surface area contributed by atoms with E-state index in [1.165, 1.54) is 6.08 Å². The van der Waals surface area contributed by atoms with Crippen LogP contribution in [0.2, 0.25) is 0 Å². The molecule has 0 unspecified atom stereocenters. The maximum absolute atomic E-state index is 12.8. The van der Waals surface area contributed by atoms with Gasteiger partial charge in [-0.3, -0.25) is 14.4 Å². The van der Waals surface area contributed by atoms with Crippen LogP contribution >= 0.6 is 15.9 Å². The summed E-state index contributed by atoms with van der Waals surface area (Å²) >= 11 is 3.36. The predicted molar refractivity (Wildman–Crippen MR) is 135 cm³/mol. The first-order valence-electron chi connectivity index (χ1n) is 10.6. The molecule has 0 saturated heterocycles. The summed E-state index contributed by atoms with van der Waals surface area (Å²) in [6.07, 6.45) is 4.65. The Morgan fingerprint density at radius 1 is 0.912 bits per heavy atom. The molecule has 0 aliphatic rings. The highest BCUT2D eigenvalue weighted by Crippen LogP contribution is 2.22. The second kappa shape index (κ2) is 9.23. The summed E-state index contributed by atoms with van der Waals surface area (Å²) in [5.74, 6) is -0.135. The zero-order chi connectivity index (χ0) is 24.5. The second-order valence-corrected chi connectivity index (χ2v) is 9.81.